The third-order valence-electron chi connectivity index (χ3n) is 2.78. The number of nitrogens with two attached hydrogens (primary N) is 1. The molecule has 6 nitrogen and oxygen atoms in total. The lowest BCUT2D eigenvalue weighted by molar-refractivity contribution is -0.130. The first-order chi connectivity index (χ1) is 9.06. The van der Waals surface area contributed by atoms with Gasteiger partial charge in [-0.25, -0.2) is 10.8 Å². The van der Waals surface area contributed by atoms with Crippen LogP contribution >= 0.6 is 0 Å². The summed E-state index contributed by atoms with van der Waals surface area (Å²) in [5, 5.41) is 0. The molecule has 0 aromatic carbocycles. The number of likely N-dealkylation sites (N-methyl/N-ethyl adjacent to an activating group) is 1. The molecule has 3 N–H and O–H groups in total. The van der Waals surface area contributed by atoms with Gasteiger partial charge in [0.2, 0.25) is 5.91 Å². The Morgan fingerprint density at radius 1 is 1.42 bits per heavy atom. The molecule has 0 aliphatic heterocycles. The number of carbonyl (C=O) groups is 1. The van der Waals surface area contributed by atoms with Gasteiger partial charge in [0, 0.05) is 26.8 Å². The summed E-state index contributed by atoms with van der Waals surface area (Å²) in [4.78, 5) is 19.7. The monoisotopic (exact) mass is 265 g/mol. The predicted molar refractivity (Wildman–Crippen MR) is 76.3 cm³/mol. The zero-order valence-corrected chi connectivity index (χ0v) is 11.9. The molecule has 1 heterocycles. The van der Waals surface area contributed by atoms with Crippen molar-refractivity contribution < 1.29 is 4.79 Å². The highest BCUT2D eigenvalue weighted by molar-refractivity contribution is 5.77. The van der Waals surface area contributed by atoms with Gasteiger partial charge in [-0.05, 0) is 24.6 Å². The highest BCUT2D eigenvalue weighted by Crippen LogP contribution is 2.07. The molecule has 1 amide bonds. The van der Waals surface area contributed by atoms with Crippen LogP contribution in [0.4, 0.5) is 5.82 Å². The summed E-state index contributed by atoms with van der Waals surface area (Å²) in [6.07, 6.45) is 2.79. The van der Waals surface area contributed by atoms with Gasteiger partial charge in [-0.3, -0.25) is 9.69 Å². The van der Waals surface area contributed by atoms with Gasteiger partial charge < -0.3 is 10.3 Å². The van der Waals surface area contributed by atoms with Crippen molar-refractivity contribution in [1.82, 2.24) is 14.8 Å². The Bertz CT molecular complexity index is 391. The number of carbonyl (C=O) groups excluding carboxylic acids is 1. The summed E-state index contributed by atoms with van der Waals surface area (Å²) in [6, 6.07) is 3.79. The van der Waals surface area contributed by atoms with E-state index in [0.29, 0.717) is 18.9 Å². The molecule has 0 aliphatic rings. The van der Waals surface area contributed by atoms with Crippen LogP contribution in [0.15, 0.2) is 18.3 Å². The third kappa shape index (κ3) is 5.23. The normalized spacial score (nSPS) is 10.6. The number of nitrogens with zero attached hydrogens (tertiary/aromatic N) is 3. The van der Waals surface area contributed by atoms with Crippen LogP contribution < -0.4 is 11.3 Å². The molecular weight excluding hydrogens is 242 g/mol. The van der Waals surface area contributed by atoms with Crippen LogP contribution in [0.25, 0.3) is 0 Å². The second kappa shape index (κ2) is 7.70. The quantitative estimate of drug-likeness (QED) is 0.560. The minimum atomic E-state index is 0.113. The molecule has 0 bridgehead atoms. The molecule has 0 atom stereocenters. The molecule has 0 fully saturated rings. The smallest absolute Gasteiger partial charge is 0.236 e. The Balaban J connectivity index is 2.63. The first-order valence-corrected chi connectivity index (χ1v) is 6.40. The molecular formula is C13H23N5O. The van der Waals surface area contributed by atoms with Gasteiger partial charge in [0.05, 0.1) is 6.54 Å². The molecule has 0 saturated carbocycles. The first-order valence-electron chi connectivity index (χ1n) is 6.40. The number of hydrazine groups is 1. The summed E-state index contributed by atoms with van der Waals surface area (Å²) < 4.78 is 0. The average Bonchev–Trinajstić information content (AvgIpc) is 2.39. The Labute approximate surface area is 114 Å². The van der Waals surface area contributed by atoms with Crippen molar-refractivity contribution in [2.45, 2.75) is 19.9 Å². The van der Waals surface area contributed by atoms with Crippen molar-refractivity contribution in [3.05, 3.63) is 23.9 Å². The number of amides is 1. The summed E-state index contributed by atoms with van der Waals surface area (Å²) >= 11 is 0. The van der Waals surface area contributed by atoms with Crippen molar-refractivity contribution >= 4 is 11.7 Å². The van der Waals surface area contributed by atoms with Crippen LogP contribution in [0.1, 0.15) is 18.9 Å². The molecule has 0 aliphatic carbocycles. The van der Waals surface area contributed by atoms with E-state index in [1.807, 2.05) is 12.1 Å². The molecule has 106 valence electrons. The standard InChI is InChI=1S/C13H23N5O/c1-4-7-18(10-13(19)17(2)3)9-11-5-6-12(16-14)15-8-11/h5-6,8H,4,7,9-10,14H2,1-3H3,(H,15,16). The Kier molecular flexibility index (Phi) is 6.24. The van der Waals surface area contributed by atoms with Gasteiger partial charge in [-0.2, -0.15) is 0 Å². The van der Waals surface area contributed by atoms with Crippen molar-refractivity contribution in [2.24, 2.45) is 5.84 Å². The minimum Gasteiger partial charge on any atom is -0.348 e. The maximum atomic E-state index is 11.8. The topological polar surface area (TPSA) is 74.5 Å². The van der Waals surface area contributed by atoms with E-state index in [0.717, 1.165) is 18.5 Å². The fourth-order valence-corrected chi connectivity index (χ4v) is 1.72. The van der Waals surface area contributed by atoms with Gasteiger partial charge in [0.1, 0.15) is 5.82 Å². The Hall–Kier alpha value is -1.66. The Morgan fingerprint density at radius 3 is 2.63 bits per heavy atom. The first kappa shape index (κ1) is 15.4. The van der Waals surface area contributed by atoms with Gasteiger partial charge in [0.15, 0.2) is 0 Å². The maximum Gasteiger partial charge on any atom is 0.236 e. The van der Waals surface area contributed by atoms with E-state index in [9.17, 15) is 4.79 Å². The van der Waals surface area contributed by atoms with E-state index in [4.69, 9.17) is 5.84 Å². The van der Waals surface area contributed by atoms with Crippen LogP contribution in [0.3, 0.4) is 0 Å². The third-order valence-corrected chi connectivity index (χ3v) is 2.78. The van der Waals surface area contributed by atoms with E-state index in [-0.39, 0.29) is 5.91 Å². The molecule has 0 radical (unpaired) electrons. The number of rotatable bonds is 7. The number of hydrogen-bond donors (Lipinski definition) is 2. The van der Waals surface area contributed by atoms with Crippen molar-refractivity contribution in [1.29, 1.82) is 0 Å². The summed E-state index contributed by atoms with van der Waals surface area (Å²) in [7, 11) is 3.55. The summed E-state index contributed by atoms with van der Waals surface area (Å²) in [6.45, 7) is 4.13. The highest BCUT2D eigenvalue weighted by Gasteiger charge is 2.12. The van der Waals surface area contributed by atoms with E-state index in [2.05, 4.69) is 22.2 Å². The lowest BCUT2D eigenvalue weighted by Crippen LogP contribution is -2.36. The lowest BCUT2D eigenvalue weighted by Gasteiger charge is -2.23. The molecule has 0 unspecified atom stereocenters. The molecule has 0 saturated heterocycles. The fraction of sp³-hybridized carbons (Fsp3) is 0.538. The minimum absolute atomic E-state index is 0.113. The van der Waals surface area contributed by atoms with Crippen molar-refractivity contribution in [3.8, 4) is 0 Å². The van der Waals surface area contributed by atoms with Crippen LogP contribution in [0, 0.1) is 0 Å². The maximum absolute atomic E-state index is 11.8. The van der Waals surface area contributed by atoms with Crippen molar-refractivity contribution in [3.63, 3.8) is 0 Å². The zero-order chi connectivity index (χ0) is 14.3. The number of nitrogens with one attached hydrogen (secondary N) is 1. The Morgan fingerprint density at radius 2 is 2.16 bits per heavy atom. The molecule has 1 rings (SSSR count). The van der Waals surface area contributed by atoms with Gasteiger partial charge >= 0.3 is 0 Å². The average molecular weight is 265 g/mol. The second-order valence-electron chi connectivity index (χ2n) is 4.69. The van der Waals surface area contributed by atoms with Gasteiger partial charge in [0.25, 0.3) is 0 Å². The number of anilines is 1. The highest BCUT2D eigenvalue weighted by atomic mass is 16.2. The fourth-order valence-electron chi connectivity index (χ4n) is 1.72. The van der Waals surface area contributed by atoms with Crippen LogP contribution in [0.2, 0.25) is 0 Å². The van der Waals surface area contributed by atoms with E-state index < -0.39 is 0 Å². The molecule has 6 heteroatoms. The van der Waals surface area contributed by atoms with Crippen LogP contribution in [-0.4, -0.2) is 47.9 Å². The molecule has 1 aromatic heterocycles. The van der Waals surface area contributed by atoms with E-state index >= 15 is 0 Å². The summed E-state index contributed by atoms with van der Waals surface area (Å²) in [5.74, 6) is 6.02. The lowest BCUT2D eigenvalue weighted by atomic mass is 10.2. The molecule has 1 aromatic rings. The second-order valence-corrected chi connectivity index (χ2v) is 4.69. The SMILES string of the molecule is CCCN(CC(=O)N(C)C)Cc1ccc(NN)nc1. The van der Waals surface area contributed by atoms with Gasteiger partial charge in [-0.15, -0.1) is 0 Å². The molecule has 19 heavy (non-hydrogen) atoms. The van der Waals surface area contributed by atoms with Gasteiger partial charge in [-0.1, -0.05) is 13.0 Å². The van der Waals surface area contributed by atoms with E-state index in [1.54, 1.807) is 25.2 Å². The number of aromatic nitrogens is 1. The number of hydrogen-bond acceptors (Lipinski definition) is 5. The van der Waals surface area contributed by atoms with Crippen LogP contribution in [-0.2, 0) is 11.3 Å². The predicted octanol–water partition coefficient (Wildman–Crippen LogP) is 0.667. The number of nitrogen functional groups attached to an aromatic ring is 1. The molecule has 0 spiro atoms. The summed E-state index contributed by atoms with van der Waals surface area (Å²) in [5.41, 5.74) is 3.56. The number of pyridine rings is 1. The van der Waals surface area contributed by atoms with Crippen LogP contribution in [0.5, 0.6) is 0 Å². The van der Waals surface area contributed by atoms with E-state index in [1.165, 1.54) is 0 Å². The zero-order valence-electron chi connectivity index (χ0n) is 11.9. The largest absolute Gasteiger partial charge is 0.348 e. The van der Waals surface area contributed by atoms with Crippen molar-refractivity contribution in [2.75, 3.05) is 32.6 Å².